The first-order valence-electron chi connectivity index (χ1n) is 2.28. The predicted molar refractivity (Wildman–Crippen MR) is 27.9 cm³/mol. The molecule has 1 aliphatic heterocycles. The quantitative estimate of drug-likeness (QED) is 0.463. The van der Waals surface area contributed by atoms with Crippen LogP contribution < -0.4 is 5.32 Å². The van der Waals surface area contributed by atoms with Gasteiger partial charge in [0, 0.05) is 6.54 Å². The molecule has 0 aliphatic carbocycles. The Balaban J connectivity index is 2.48. The molecule has 0 bridgehead atoms. The van der Waals surface area contributed by atoms with Gasteiger partial charge in [0.15, 0.2) is 6.04 Å². The van der Waals surface area contributed by atoms with Gasteiger partial charge in [-0.05, 0) is 0 Å². The minimum atomic E-state index is -0.869. The standard InChI is InChI=1S/C4H6N2O2/c7-4(8)3-1-5-2-6-3/h2-3H,1H2,(H,5,6)(H,7,8). The van der Waals surface area contributed by atoms with Crippen LogP contribution in [0.15, 0.2) is 4.99 Å². The number of nitrogens with one attached hydrogen (secondary N) is 1. The molecule has 0 saturated heterocycles. The molecule has 1 atom stereocenters. The summed E-state index contributed by atoms with van der Waals surface area (Å²) in [5.41, 5.74) is 0. The van der Waals surface area contributed by atoms with Gasteiger partial charge in [-0.3, -0.25) is 4.99 Å². The third-order valence-corrected chi connectivity index (χ3v) is 0.942. The van der Waals surface area contributed by atoms with Crippen LogP contribution in [0.2, 0.25) is 0 Å². The van der Waals surface area contributed by atoms with Crippen molar-refractivity contribution in [2.24, 2.45) is 4.99 Å². The molecule has 0 aromatic heterocycles. The number of carboxylic acid groups (broad SMARTS) is 1. The average molecular weight is 114 g/mol. The summed E-state index contributed by atoms with van der Waals surface area (Å²) in [7, 11) is 0. The first kappa shape index (κ1) is 5.08. The van der Waals surface area contributed by atoms with Gasteiger partial charge >= 0.3 is 5.97 Å². The smallest absolute Gasteiger partial charge is 0.330 e. The SMILES string of the molecule is O=C(O)C1CNC=N1. The topological polar surface area (TPSA) is 61.7 Å². The lowest BCUT2D eigenvalue weighted by Gasteiger charge is -1.94. The van der Waals surface area contributed by atoms with Gasteiger partial charge in [-0.15, -0.1) is 0 Å². The van der Waals surface area contributed by atoms with Crippen molar-refractivity contribution in [3.8, 4) is 0 Å². The van der Waals surface area contributed by atoms with E-state index in [0.29, 0.717) is 6.54 Å². The zero-order valence-electron chi connectivity index (χ0n) is 4.16. The van der Waals surface area contributed by atoms with Gasteiger partial charge in [0.25, 0.3) is 0 Å². The molecular weight excluding hydrogens is 108 g/mol. The molecule has 1 aliphatic rings. The van der Waals surface area contributed by atoms with Gasteiger partial charge in [0.1, 0.15) is 0 Å². The molecule has 0 spiro atoms. The van der Waals surface area contributed by atoms with E-state index in [1.54, 1.807) is 0 Å². The van der Waals surface area contributed by atoms with Gasteiger partial charge < -0.3 is 10.4 Å². The fraction of sp³-hybridized carbons (Fsp3) is 0.500. The van der Waals surface area contributed by atoms with E-state index < -0.39 is 12.0 Å². The van der Waals surface area contributed by atoms with Crippen molar-refractivity contribution in [1.29, 1.82) is 0 Å². The molecule has 1 unspecified atom stereocenters. The number of aliphatic carboxylic acids is 1. The van der Waals surface area contributed by atoms with Crippen LogP contribution >= 0.6 is 0 Å². The summed E-state index contributed by atoms with van der Waals surface area (Å²) in [4.78, 5) is 13.6. The zero-order valence-corrected chi connectivity index (χ0v) is 4.16. The highest BCUT2D eigenvalue weighted by atomic mass is 16.4. The normalized spacial score (nSPS) is 25.2. The monoisotopic (exact) mass is 114 g/mol. The largest absolute Gasteiger partial charge is 0.480 e. The van der Waals surface area contributed by atoms with Gasteiger partial charge in [0.2, 0.25) is 0 Å². The maximum absolute atomic E-state index is 10.0. The second kappa shape index (κ2) is 1.81. The van der Waals surface area contributed by atoms with E-state index in [1.165, 1.54) is 6.34 Å². The molecule has 0 fully saturated rings. The molecule has 4 heteroatoms. The van der Waals surface area contributed by atoms with E-state index in [4.69, 9.17) is 5.11 Å². The Morgan fingerprint density at radius 2 is 2.75 bits per heavy atom. The number of hydrogen-bond donors (Lipinski definition) is 2. The summed E-state index contributed by atoms with van der Waals surface area (Å²) in [6.07, 6.45) is 1.42. The molecule has 1 rings (SSSR count). The van der Waals surface area contributed by atoms with Crippen molar-refractivity contribution in [1.82, 2.24) is 5.32 Å². The number of hydrogen-bond acceptors (Lipinski definition) is 3. The Morgan fingerprint density at radius 1 is 2.00 bits per heavy atom. The Labute approximate surface area is 46.2 Å². The van der Waals surface area contributed by atoms with Crippen LogP contribution in [0.1, 0.15) is 0 Å². The van der Waals surface area contributed by atoms with Crippen LogP contribution in [0.5, 0.6) is 0 Å². The van der Waals surface area contributed by atoms with Crippen LogP contribution in [0.25, 0.3) is 0 Å². The fourth-order valence-electron chi connectivity index (χ4n) is 0.511. The highest BCUT2D eigenvalue weighted by Gasteiger charge is 2.16. The highest BCUT2D eigenvalue weighted by Crippen LogP contribution is 1.91. The molecule has 1 heterocycles. The summed E-state index contributed by atoms with van der Waals surface area (Å²) in [6, 6.07) is -0.560. The Morgan fingerprint density at radius 3 is 3.00 bits per heavy atom. The highest BCUT2D eigenvalue weighted by molar-refractivity contribution is 5.78. The first-order valence-corrected chi connectivity index (χ1v) is 2.28. The predicted octanol–water partition coefficient (Wildman–Crippen LogP) is -0.929. The molecule has 44 valence electrons. The van der Waals surface area contributed by atoms with Crippen molar-refractivity contribution in [3.05, 3.63) is 0 Å². The van der Waals surface area contributed by atoms with Gasteiger partial charge in [-0.25, -0.2) is 4.79 Å². The van der Waals surface area contributed by atoms with E-state index in [0.717, 1.165) is 0 Å². The first-order chi connectivity index (χ1) is 3.80. The van der Waals surface area contributed by atoms with Gasteiger partial charge in [-0.2, -0.15) is 0 Å². The van der Waals surface area contributed by atoms with E-state index in [-0.39, 0.29) is 0 Å². The van der Waals surface area contributed by atoms with Crippen molar-refractivity contribution in [2.45, 2.75) is 6.04 Å². The average Bonchev–Trinajstić information content (AvgIpc) is 2.12. The minimum absolute atomic E-state index is 0.426. The van der Waals surface area contributed by atoms with Crippen LogP contribution in [-0.2, 0) is 4.79 Å². The molecule has 0 aromatic rings. The summed E-state index contributed by atoms with van der Waals surface area (Å²) < 4.78 is 0. The molecule has 0 saturated carbocycles. The van der Waals surface area contributed by atoms with E-state index in [1.807, 2.05) is 0 Å². The minimum Gasteiger partial charge on any atom is -0.480 e. The van der Waals surface area contributed by atoms with Gasteiger partial charge in [-0.1, -0.05) is 0 Å². The Hall–Kier alpha value is -1.06. The Bertz CT molecular complexity index is 132. The molecule has 0 radical (unpaired) electrons. The van der Waals surface area contributed by atoms with Crippen LogP contribution in [-0.4, -0.2) is 30.0 Å². The lowest BCUT2D eigenvalue weighted by molar-refractivity contribution is -0.138. The molecule has 8 heavy (non-hydrogen) atoms. The van der Waals surface area contributed by atoms with E-state index >= 15 is 0 Å². The van der Waals surface area contributed by atoms with Crippen molar-refractivity contribution >= 4 is 12.3 Å². The zero-order chi connectivity index (χ0) is 5.98. The van der Waals surface area contributed by atoms with Crippen molar-refractivity contribution < 1.29 is 9.90 Å². The summed E-state index contributed by atoms with van der Waals surface area (Å²) in [5.74, 6) is -0.869. The number of carboxylic acids is 1. The van der Waals surface area contributed by atoms with Crippen LogP contribution in [0, 0.1) is 0 Å². The second-order valence-electron chi connectivity index (χ2n) is 1.54. The van der Waals surface area contributed by atoms with E-state index in [9.17, 15) is 4.79 Å². The molecule has 0 amide bonds. The second-order valence-corrected chi connectivity index (χ2v) is 1.54. The molecule has 0 aromatic carbocycles. The third kappa shape index (κ3) is 0.776. The Kier molecular flexibility index (Phi) is 1.15. The van der Waals surface area contributed by atoms with Crippen molar-refractivity contribution in [3.63, 3.8) is 0 Å². The molecule has 4 nitrogen and oxygen atoms in total. The lowest BCUT2D eigenvalue weighted by Crippen LogP contribution is -2.23. The third-order valence-electron chi connectivity index (χ3n) is 0.942. The summed E-state index contributed by atoms with van der Waals surface area (Å²) in [5, 5.41) is 10.9. The van der Waals surface area contributed by atoms with Gasteiger partial charge in [0.05, 0.1) is 6.34 Å². The molecular formula is C4H6N2O2. The number of nitrogens with zero attached hydrogens (tertiary/aromatic N) is 1. The maximum Gasteiger partial charge on any atom is 0.330 e. The maximum atomic E-state index is 10.0. The van der Waals surface area contributed by atoms with Crippen molar-refractivity contribution in [2.75, 3.05) is 6.54 Å². The lowest BCUT2D eigenvalue weighted by atomic mass is 10.3. The van der Waals surface area contributed by atoms with E-state index in [2.05, 4.69) is 10.3 Å². The number of rotatable bonds is 1. The number of aliphatic imine (C=N–C) groups is 1. The summed E-state index contributed by atoms with van der Waals surface area (Å²) >= 11 is 0. The molecule has 2 N–H and O–H groups in total. The summed E-state index contributed by atoms with van der Waals surface area (Å²) in [6.45, 7) is 0.426. The number of carbonyl (C=O) groups is 1. The van der Waals surface area contributed by atoms with Crippen LogP contribution in [0.4, 0.5) is 0 Å². The van der Waals surface area contributed by atoms with Crippen LogP contribution in [0.3, 0.4) is 0 Å². The fourth-order valence-corrected chi connectivity index (χ4v) is 0.511.